The molecule has 0 radical (unpaired) electrons. The first-order chi connectivity index (χ1) is 9.24. The first kappa shape index (κ1) is 12.7. The SMILES string of the molecule is CN(Cc1ccc(C#N)cc1)CC1CC2CCC1C2. The van der Waals surface area contributed by atoms with Crippen molar-refractivity contribution in [2.45, 2.75) is 32.2 Å². The summed E-state index contributed by atoms with van der Waals surface area (Å²) in [4.78, 5) is 2.45. The van der Waals surface area contributed by atoms with E-state index in [0.717, 1.165) is 29.9 Å². The number of benzene rings is 1. The van der Waals surface area contributed by atoms with E-state index in [9.17, 15) is 0 Å². The average Bonchev–Trinajstić information content (AvgIpc) is 3.02. The molecule has 0 heterocycles. The maximum atomic E-state index is 8.80. The molecule has 2 saturated carbocycles. The number of hydrogen-bond donors (Lipinski definition) is 0. The molecule has 3 unspecified atom stereocenters. The lowest BCUT2D eigenvalue weighted by Crippen LogP contribution is -2.28. The maximum Gasteiger partial charge on any atom is 0.0991 e. The van der Waals surface area contributed by atoms with Crippen molar-refractivity contribution in [3.05, 3.63) is 35.4 Å². The van der Waals surface area contributed by atoms with Gasteiger partial charge >= 0.3 is 0 Å². The van der Waals surface area contributed by atoms with Gasteiger partial charge in [0, 0.05) is 13.1 Å². The molecular formula is C17H22N2. The summed E-state index contributed by atoms with van der Waals surface area (Å²) in [5.41, 5.74) is 2.06. The molecule has 0 saturated heterocycles. The van der Waals surface area contributed by atoms with Crippen LogP contribution in [0.3, 0.4) is 0 Å². The van der Waals surface area contributed by atoms with Crippen LogP contribution in [-0.2, 0) is 6.54 Å². The highest BCUT2D eigenvalue weighted by atomic mass is 15.1. The molecule has 2 nitrogen and oxygen atoms in total. The van der Waals surface area contributed by atoms with Gasteiger partial charge in [0.15, 0.2) is 0 Å². The van der Waals surface area contributed by atoms with E-state index in [1.165, 1.54) is 37.8 Å². The highest BCUT2D eigenvalue weighted by Gasteiger charge is 2.39. The standard InChI is InChI=1S/C17H22N2/c1-19(11-14-4-2-13(10-18)3-5-14)12-17-9-15-6-7-16(17)8-15/h2-5,15-17H,6-9,11-12H2,1H3. The van der Waals surface area contributed by atoms with Crippen molar-refractivity contribution in [3.63, 3.8) is 0 Å². The third-order valence-corrected chi connectivity index (χ3v) is 4.97. The fraction of sp³-hybridized carbons (Fsp3) is 0.588. The van der Waals surface area contributed by atoms with Crippen molar-refractivity contribution in [1.82, 2.24) is 4.90 Å². The molecule has 1 aromatic carbocycles. The monoisotopic (exact) mass is 254 g/mol. The Kier molecular flexibility index (Phi) is 3.57. The largest absolute Gasteiger partial charge is 0.302 e. The van der Waals surface area contributed by atoms with Gasteiger partial charge in [-0.2, -0.15) is 5.26 Å². The van der Waals surface area contributed by atoms with Crippen molar-refractivity contribution >= 4 is 0 Å². The lowest BCUT2D eigenvalue weighted by Gasteiger charge is -2.27. The molecule has 2 fully saturated rings. The van der Waals surface area contributed by atoms with Gasteiger partial charge in [0.05, 0.1) is 11.6 Å². The molecule has 2 aliphatic carbocycles. The smallest absolute Gasteiger partial charge is 0.0991 e. The van der Waals surface area contributed by atoms with Gasteiger partial charge in [-0.15, -0.1) is 0 Å². The van der Waals surface area contributed by atoms with Crippen LogP contribution in [0.2, 0.25) is 0 Å². The van der Waals surface area contributed by atoms with Gasteiger partial charge < -0.3 is 4.90 Å². The zero-order valence-corrected chi connectivity index (χ0v) is 11.7. The van der Waals surface area contributed by atoms with Gasteiger partial charge in [-0.25, -0.2) is 0 Å². The Morgan fingerprint density at radius 3 is 2.58 bits per heavy atom. The number of nitriles is 1. The Morgan fingerprint density at radius 2 is 2.00 bits per heavy atom. The fourth-order valence-electron chi connectivity index (χ4n) is 4.06. The van der Waals surface area contributed by atoms with Crippen molar-refractivity contribution in [3.8, 4) is 6.07 Å². The second kappa shape index (κ2) is 5.35. The van der Waals surface area contributed by atoms with E-state index < -0.39 is 0 Å². The molecule has 0 aromatic heterocycles. The normalized spacial score (nSPS) is 28.8. The van der Waals surface area contributed by atoms with Crippen LogP contribution in [0.5, 0.6) is 0 Å². The van der Waals surface area contributed by atoms with Crippen LogP contribution in [0, 0.1) is 29.1 Å². The molecule has 19 heavy (non-hydrogen) atoms. The summed E-state index contributed by atoms with van der Waals surface area (Å²) < 4.78 is 0. The second-order valence-electron chi connectivity index (χ2n) is 6.44. The van der Waals surface area contributed by atoms with Crippen LogP contribution < -0.4 is 0 Å². The van der Waals surface area contributed by atoms with Gasteiger partial charge in [-0.3, -0.25) is 0 Å². The van der Waals surface area contributed by atoms with Crippen molar-refractivity contribution in [2.75, 3.05) is 13.6 Å². The highest BCUT2D eigenvalue weighted by Crippen LogP contribution is 2.48. The third-order valence-electron chi connectivity index (χ3n) is 4.97. The third kappa shape index (κ3) is 2.82. The first-order valence-corrected chi connectivity index (χ1v) is 7.42. The molecule has 0 aliphatic heterocycles. The molecule has 1 aromatic rings. The average molecular weight is 254 g/mol. The van der Waals surface area contributed by atoms with Crippen molar-refractivity contribution in [1.29, 1.82) is 5.26 Å². The molecule has 0 amide bonds. The summed E-state index contributed by atoms with van der Waals surface area (Å²) >= 11 is 0. The zero-order valence-electron chi connectivity index (χ0n) is 11.7. The van der Waals surface area contributed by atoms with Gasteiger partial charge in [0.25, 0.3) is 0 Å². The summed E-state index contributed by atoms with van der Waals surface area (Å²) in [6, 6.07) is 10.2. The topological polar surface area (TPSA) is 27.0 Å². The van der Waals surface area contributed by atoms with Gasteiger partial charge in [-0.1, -0.05) is 18.6 Å². The van der Waals surface area contributed by atoms with E-state index in [0.29, 0.717) is 0 Å². The molecule has 3 rings (SSSR count). The maximum absolute atomic E-state index is 8.80. The molecule has 0 N–H and O–H groups in total. The van der Waals surface area contributed by atoms with Gasteiger partial charge in [0.2, 0.25) is 0 Å². The van der Waals surface area contributed by atoms with Crippen LogP contribution in [-0.4, -0.2) is 18.5 Å². The quantitative estimate of drug-likeness (QED) is 0.823. The Morgan fingerprint density at radius 1 is 1.21 bits per heavy atom. The van der Waals surface area contributed by atoms with Gasteiger partial charge in [0.1, 0.15) is 0 Å². The molecular weight excluding hydrogens is 232 g/mol. The van der Waals surface area contributed by atoms with Crippen molar-refractivity contribution in [2.24, 2.45) is 17.8 Å². The van der Waals surface area contributed by atoms with Crippen LogP contribution in [0.25, 0.3) is 0 Å². The Bertz CT molecular complexity index is 471. The molecule has 2 aliphatic rings. The van der Waals surface area contributed by atoms with E-state index in [1.54, 1.807) is 0 Å². The van der Waals surface area contributed by atoms with Crippen LogP contribution in [0.1, 0.15) is 36.8 Å². The number of fused-ring (bicyclic) bond motifs is 2. The molecule has 2 heteroatoms. The van der Waals surface area contributed by atoms with Crippen molar-refractivity contribution < 1.29 is 0 Å². The summed E-state index contributed by atoms with van der Waals surface area (Å²) in [5.74, 6) is 2.98. The predicted molar refractivity (Wildman–Crippen MR) is 76.4 cm³/mol. The van der Waals surface area contributed by atoms with E-state index in [2.05, 4.69) is 30.1 Å². The summed E-state index contributed by atoms with van der Waals surface area (Å²) in [6.45, 7) is 2.24. The summed E-state index contributed by atoms with van der Waals surface area (Å²) in [7, 11) is 2.23. The number of rotatable bonds is 4. The Labute approximate surface area is 116 Å². The summed E-state index contributed by atoms with van der Waals surface area (Å²) in [6.07, 6.45) is 5.91. The lowest BCUT2D eigenvalue weighted by atomic mass is 9.88. The first-order valence-electron chi connectivity index (χ1n) is 7.42. The Balaban J connectivity index is 1.53. The minimum Gasteiger partial charge on any atom is -0.302 e. The molecule has 0 spiro atoms. The molecule has 3 atom stereocenters. The fourth-order valence-corrected chi connectivity index (χ4v) is 4.06. The second-order valence-corrected chi connectivity index (χ2v) is 6.44. The van der Waals surface area contributed by atoms with E-state index in [4.69, 9.17) is 5.26 Å². The number of nitrogens with zero attached hydrogens (tertiary/aromatic N) is 2. The van der Waals surface area contributed by atoms with Crippen LogP contribution >= 0.6 is 0 Å². The number of hydrogen-bond acceptors (Lipinski definition) is 2. The molecule has 100 valence electrons. The predicted octanol–water partition coefficient (Wildman–Crippen LogP) is 3.43. The van der Waals surface area contributed by atoms with Crippen LogP contribution in [0.4, 0.5) is 0 Å². The lowest BCUT2D eigenvalue weighted by molar-refractivity contribution is 0.214. The zero-order chi connectivity index (χ0) is 13.2. The Hall–Kier alpha value is -1.33. The van der Waals surface area contributed by atoms with E-state index in [1.807, 2.05) is 12.1 Å². The van der Waals surface area contributed by atoms with E-state index >= 15 is 0 Å². The van der Waals surface area contributed by atoms with E-state index in [-0.39, 0.29) is 0 Å². The highest BCUT2D eigenvalue weighted by molar-refractivity contribution is 5.31. The minimum absolute atomic E-state index is 0.750. The van der Waals surface area contributed by atoms with Gasteiger partial charge in [-0.05, 0) is 61.8 Å². The minimum atomic E-state index is 0.750. The molecule has 2 bridgehead atoms. The van der Waals surface area contributed by atoms with Crippen LogP contribution in [0.15, 0.2) is 24.3 Å². The summed E-state index contributed by atoms with van der Waals surface area (Å²) in [5, 5.41) is 8.80.